The molecule has 17 heavy (non-hydrogen) atoms. The smallest absolute Gasteiger partial charge is 0.186 e. The summed E-state index contributed by atoms with van der Waals surface area (Å²) < 4.78 is 0. The first-order valence-corrected chi connectivity index (χ1v) is 7.43. The lowest BCUT2D eigenvalue weighted by Gasteiger charge is -2.26. The van der Waals surface area contributed by atoms with E-state index in [1.807, 2.05) is 0 Å². The number of rotatable bonds is 4. The molecule has 2 unspecified atom stereocenters. The Morgan fingerprint density at radius 1 is 1.53 bits per heavy atom. The van der Waals surface area contributed by atoms with E-state index in [4.69, 9.17) is 4.98 Å². The van der Waals surface area contributed by atoms with Crippen LogP contribution in [0.4, 0.5) is 5.13 Å². The number of aryl methyl sites for hydroxylation is 1. The third-order valence-corrected chi connectivity index (χ3v) is 4.86. The van der Waals surface area contributed by atoms with Crippen molar-refractivity contribution in [1.82, 2.24) is 4.98 Å². The average Bonchev–Trinajstić information content (AvgIpc) is 2.75. The number of aliphatic hydroxyl groups is 1. The molecule has 1 aromatic heterocycles. The first kappa shape index (κ1) is 12.8. The Hall–Kier alpha value is -0.610. The molecular weight excluding hydrogens is 232 g/mol. The monoisotopic (exact) mass is 254 g/mol. The lowest BCUT2D eigenvalue weighted by Crippen LogP contribution is -2.32. The van der Waals surface area contributed by atoms with E-state index in [0.29, 0.717) is 6.04 Å². The van der Waals surface area contributed by atoms with Crippen LogP contribution in [-0.2, 0) is 6.42 Å². The van der Waals surface area contributed by atoms with Crippen molar-refractivity contribution in [3.63, 3.8) is 0 Å². The van der Waals surface area contributed by atoms with Crippen molar-refractivity contribution in [3.8, 4) is 0 Å². The van der Waals surface area contributed by atoms with Crippen LogP contribution in [0.15, 0.2) is 0 Å². The summed E-state index contributed by atoms with van der Waals surface area (Å²) in [7, 11) is 0. The zero-order valence-electron chi connectivity index (χ0n) is 10.9. The molecule has 0 fully saturated rings. The predicted molar refractivity (Wildman–Crippen MR) is 72.8 cm³/mol. The molecule has 0 aliphatic heterocycles. The number of nitrogens with zero attached hydrogens (tertiary/aromatic N) is 2. The maximum atomic E-state index is 9.98. The average molecular weight is 254 g/mol. The highest BCUT2D eigenvalue weighted by Crippen LogP contribution is 2.37. The molecule has 1 N–H and O–H groups in total. The Morgan fingerprint density at radius 2 is 2.29 bits per heavy atom. The molecule has 0 aromatic carbocycles. The lowest BCUT2D eigenvalue weighted by atomic mass is 10.0. The van der Waals surface area contributed by atoms with E-state index >= 15 is 0 Å². The van der Waals surface area contributed by atoms with Crippen molar-refractivity contribution >= 4 is 16.5 Å². The molecule has 0 spiro atoms. The third kappa shape index (κ3) is 2.47. The largest absolute Gasteiger partial charge is 0.388 e. The zero-order chi connectivity index (χ0) is 12.4. The Morgan fingerprint density at radius 3 is 2.88 bits per heavy atom. The molecule has 0 saturated carbocycles. The van der Waals surface area contributed by atoms with Crippen molar-refractivity contribution in [2.24, 2.45) is 0 Å². The molecule has 2 rings (SSSR count). The number of aliphatic hydroxyl groups excluding tert-OH is 1. The number of fused-ring (bicyclic) bond motifs is 1. The second kappa shape index (κ2) is 5.36. The molecule has 1 aliphatic rings. The molecule has 1 aliphatic carbocycles. The normalized spacial score (nSPS) is 21.1. The van der Waals surface area contributed by atoms with Crippen molar-refractivity contribution in [2.45, 2.75) is 58.6 Å². The molecule has 0 bridgehead atoms. The first-order chi connectivity index (χ1) is 8.17. The Kier molecular flexibility index (Phi) is 4.05. The van der Waals surface area contributed by atoms with Crippen molar-refractivity contribution in [1.29, 1.82) is 0 Å². The van der Waals surface area contributed by atoms with Gasteiger partial charge in [0, 0.05) is 12.6 Å². The number of hydrogen-bond donors (Lipinski definition) is 1. The van der Waals surface area contributed by atoms with Gasteiger partial charge < -0.3 is 10.0 Å². The van der Waals surface area contributed by atoms with Gasteiger partial charge in [-0.15, -0.1) is 0 Å². The molecule has 3 nitrogen and oxygen atoms in total. The Bertz CT molecular complexity index is 377. The van der Waals surface area contributed by atoms with E-state index < -0.39 is 0 Å². The minimum Gasteiger partial charge on any atom is -0.388 e. The molecule has 1 aromatic rings. The van der Waals surface area contributed by atoms with Crippen LogP contribution in [0.1, 0.15) is 56.7 Å². The molecule has 0 saturated heterocycles. The van der Waals surface area contributed by atoms with E-state index in [1.54, 1.807) is 11.3 Å². The van der Waals surface area contributed by atoms with Crippen LogP contribution < -0.4 is 4.90 Å². The fourth-order valence-corrected chi connectivity index (χ4v) is 3.66. The number of hydrogen-bond acceptors (Lipinski definition) is 4. The van der Waals surface area contributed by atoms with Gasteiger partial charge in [0.25, 0.3) is 0 Å². The Balaban J connectivity index is 2.27. The van der Waals surface area contributed by atoms with Crippen molar-refractivity contribution < 1.29 is 5.11 Å². The molecule has 0 amide bonds. The molecule has 4 heteroatoms. The molecule has 1 heterocycles. The fraction of sp³-hybridized carbons (Fsp3) is 0.769. The van der Waals surface area contributed by atoms with Crippen LogP contribution in [0.3, 0.4) is 0 Å². The maximum Gasteiger partial charge on any atom is 0.186 e. The molecule has 2 atom stereocenters. The van der Waals surface area contributed by atoms with Gasteiger partial charge in [0.15, 0.2) is 5.13 Å². The highest BCUT2D eigenvalue weighted by Gasteiger charge is 2.25. The van der Waals surface area contributed by atoms with Gasteiger partial charge in [-0.2, -0.15) is 0 Å². The summed E-state index contributed by atoms with van der Waals surface area (Å²) in [5, 5.41) is 11.1. The zero-order valence-corrected chi connectivity index (χ0v) is 11.8. The van der Waals surface area contributed by atoms with Crippen LogP contribution in [-0.4, -0.2) is 22.7 Å². The summed E-state index contributed by atoms with van der Waals surface area (Å²) in [5.74, 6) is 0. The van der Waals surface area contributed by atoms with E-state index in [2.05, 4.69) is 25.7 Å². The summed E-state index contributed by atoms with van der Waals surface area (Å²) in [6, 6.07) is 0.518. The summed E-state index contributed by atoms with van der Waals surface area (Å²) in [5.41, 5.74) is 1.13. The quantitative estimate of drug-likeness (QED) is 0.896. The number of aromatic nitrogens is 1. The van der Waals surface area contributed by atoms with Gasteiger partial charge in [0.1, 0.15) is 0 Å². The van der Waals surface area contributed by atoms with Crippen LogP contribution in [0.5, 0.6) is 0 Å². The third-order valence-electron chi connectivity index (χ3n) is 3.62. The number of anilines is 1. The summed E-state index contributed by atoms with van der Waals surface area (Å²) in [6.07, 6.45) is 3.83. The molecule has 0 radical (unpaired) electrons. The van der Waals surface area contributed by atoms with Gasteiger partial charge in [0.2, 0.25) is 0 Å². The first-order valence-electron chi connectivity index (χ1n) is 6.61. The van der Waals surface area contributed by atoms with Gasteiger partial charge in [-0.1, -0.05) is 18.3 Å². The van der Waals surface area contributed by atoms with Gasteiger partial charge in [0.05, 0.1) is 16.7 Å². The van der Waals surface area contributed by atoms with Gasteiger partial charge in [-0.3, -0.25) is 0 Å². The lowest BCUT2D eigenvalue weighted by molar-refractivity contribution is 0.160. The SMILES string of the molecule is CCC(C)N(CC)c1nc2c(s1)C(O)CCC2. The van der Waals surface area contributed by atoms with Crippen LogP contribution >= 0.6 is 11.3 Å². The second-order valence-electron chi connectivity index (χ2n) is 4.76. The minimum atomic E-state index is -0.277. The van der Waals surface area contributed by atoms with Crippen molar-refractivity contribution in [3.05, 3.63) is 10.6 Å². The van der Waals surface area contributed by atoms with Gasteiger partial charge in [-0.25, -0.2) is 4.98 Å². The second-order valence-corrected chi connectivity index (χ2v) is 5.77. The molecule has 96 valence electrons. The van der Waals surface area contributed by atoms with Crippen LogP contribution in [0.25, 0.3) is 0 Å². The van der Waals surface area contributed by atoms with E-state index in [1.165, 1.54) is 0 Å². The minimum absolute atomic E-state index is 0.277. The van der Waals surface area contributed by atoms with Crippen LogP contribution in [0.2, 0.25) is 0 Å². The predicted octanol–water partition coefficient (Wildman–Crippen LogP) is 3.14. The highest BCUT2D eigenvalue weighted by molar-refractivity contribution is 7.15. The summed E-state index contributed by atoms with van der Waals surface area (Å²) >= 11 is 1.68. The highest BCUT2D eigenvalue weighted by atomic mass is 32.1. The van der Waals surface area contributed by atoms with E-state index in [0.717, 1.165) is 47.9 Å². The Labute approximate surface area is 107 Å². The van der Waals surface area contributed by atoms with Gasteiger partial charge in [-0.05, 0) is 39.5 Å². The fourth-order valence-electron chi connectivity index (χ4n) is 2.36. The molecular formula is C13H22N2OS. The summed E-state index contributed by atoms with van der Waals surface area (Å²) in [4.78, 5) is 8.17. The van der Waals surface area contributed by atoms with E-state index in [-0.39, 0.29) is 6.10 Å². The van der Waals surface area contributed by atoms with E-state index in [9.17, 15) is 5.11 Å². The number of thiazole rings is 1. The topological polar surface area (TPSA) is 36.4 Å². The van der Waals surface area contributed by atoms with Gasteiger partial charge >= 0.3 is 0 Å². The maximum absolute atomic E-state index is 9.98. The summed E-state index contributed by atoms with van der Waals surface area (Å²) in [6.45, 7) is 7.59. The van der Waals surface area contributed by atoms with Crippen LogP contribution in [0, 0.1) is 0 Å². The standard InChI is InChI=1S/C13H22N2OS/c1-4-9(3)15(5-2)13-14-10-7-6-8-11(16)12(10)17-13/h9,11,16H,4-8H2,1-3H3. The van der Waals surface area contributed by atoms with Crippen molar-refractivity contribution in [2.75, 3.05) is 11.4 Å².